The summed E-state index contributed by atoms with van der Waals surface area (Å²) < 4.78 is 0.921. The predicted molar refractivity (Wildman–Crippen MR) is 73.7 cm³/mol. The van der Waals surface area contributed by atoms with Crippen LogP contribution in [-0.2, 0) is 0 Å². The van der Waals surface area contributed by atoms with Crippen molar-refractivity contribution in [3.05, 3.63) is 11.4 Å². The minimum absolute atomic E-state index is 0.0363. The maximum Gasteiger partial charge on any atom is 0.225 e. The first-order chi connectivity index (χ1) is 8.74. The molecule has 0 saturated heterocycles. The van der Waals surface area contributed by atoms with Crippen LogP contribution in [0.2, 0.25) is 0 Å². The summed E-state index contributed by atoms with van der Waals surface area (Å²) in [6, 6.07) is 1.97. The Morgan fingerprint density at radius 3 is 3.00 bits per heavy atom. The number of rotatable bonds is 2. The van der Waals surface area contributed by atoms with Crippen LogP contribution in [0.1, 0.15) is 25.7 Å². The molecule has 0 aliphatic heterocycles. The summed E-state index contributed by atoms with van der Waals surface area (Å²) in [5.74, 6) is 1.02. The molecule has 1 fully saturated rings. The van der Waals surface area contributed by atoms with Gasteiger partial charge in [0.15, 0.2) is 0 Å². The number of nitrogens with one attached hydrogen (secondary N) is 1. The summed E-state index contributed by atoms with van der Waals surface area (Å²) in [5.41, 5.74) is 6.76. The average Bonchev–Trinajstić information content (AvgIpc) is 2.81. The first-order valence-corrected chi connectivity index (χ1v) is 7.07. The second-order valence-corrected chi connectivity index (χ2v) is 5.59. The van der Waals surface area contributed by atoms with Crippen molar-refractivity contribution in [2.24, 2.45) is 0 Å². The Labute approximate surface area is 109 Å². The van der Waals surface area contributed by atoms with Crippen LogP contribution in [0.4, 0.5) is 11.8 Å². The van der Waals surface area contributed by atoms with Crippen molar-refractivity contribution < 1.29 is 5.11 Å². The van der Waals surface area contributed by atoms with Gasteiger partial charge in [0.2, 0.25) is 5.95 Å². The molecule has 6 heteroatoms. The van der Waals surface area contributed by atoms with Gasteiger partial charge in [-0.1, -0.05) is 12.8 Å². The minimum atomic E-state index is -0.318. The maximum absolute atomic E-state index is 9.93. The van der Waals surface area contributed by atoms with Gasteiger partial charge >= 0.3 is 0 Å². The van der Waals surface area contributed by atoms with E-state index < -0.39 is 0 Å². The van der Waals surface area contributed by atoms with Gasteiger partial charge in [-0.2, -0.15) is 4.98 Å². The zero-order valence-corrected chi connectivity index (χ0v) is 10.8. The van der Waals surface area contributed by atoms with Crippen LogP contribution >= 0.6 is 11.3 Å². The molecule has 1 aliphatic carbocycles. The lowest BCUT2D eigenvalue weighted by Crippen LogP contribution is -2.36. The van der Waals surface area contributed by atoms with Crippen molar-refractivity contribution in [2.45, 2.75) is 37.8 Å². The predicted octanol–water partition coefficient (Wildman–Crippen LogP) is 1.99. The van der Waals surface area contributed by atoms with Crippen LogP contribution in [0.15, 0.2) is 11.4 Å². The number of aliphatic hydroxyl groups is 1. The van der Waals surface area contributed by atoms with E-state index in [9.17, 15) is 5.11 Å². The number of anilines is 2. The van der Waals surface area contributed by atoms with E-state index in [0.29, 0.717) is 11.8 Å². The summed E-state index contributed by atoms with van der Waals surface area (Å²) in [6.07, 6.45) is 3.69. The zero-order chi connectivity index (χ0) is 12.5. The molecule has 2 atom stereocenters. The van der Waals surface area contributed by atoms with E-state index in [-0.39, 0.29) is 12.1 Å². The topological polar surface area (TPSA) is 84.1 Å². The van der Waals surface area contributed by atoms with Gasteiger partial charge in [0.1, 0.15) is 5.82 Å². The molecule has 1 aliphatic rings. The molecule has 3 rings (SSSR count). The molecule has 2 aromatic heterocycles. The standard InChI is InChI=1S/C12H16N4OS/c13-11-10-8(5-6-18-10)15-12(16-11)14-7-3-1-2-4-9(7)17/h5-7,9,17H,1-4H2,(H3,13,14,15,16)/t7-,9+/m1/s1. The highest BCUT2D eigenvalue weighted by atomic mass is 32.1. The van der Waals surface area contributed by atoms with Gasteiger partial charge in [0.05, 0.1) is 22.4 Å². The number of hydrogen-bond donors (Lipinski definition) is 3. The van der Waals surface area contributed by atoms with Gasteiger partial charge in [-0.3, -0.25) is 0 Å². The average molecular weight is 264 g/mol. The van der Waals surface area contributed by atoms with Crippen molar-refractivity contribution in [3.8, 4) is 0 Å². The smallest absolute Gasteiger partial charge is 0.225 e. The number of nitrogens with zero attached hydrogens (tertiary/aromatic N) is 2. The van der Waals surface area contributed by atoms with E-state index in [2.05, 4.69) is 15.3 Å². The third kappa shape index (κ3) is 2.13. The maximum atomic E-state index is 9.93. The fourth-order valence-electron chi connectivity index (χ4n) is 2.40. The highest BCUT2D eigenvalue weighted by Crippen LogP contribution is 2.26. The van der Waals surface area contributed by atoms with Crippen LogP contribution < -0.4 is 11.1 Å². The molecule has 0 amide bonds. The molecule has 18 heavy (non-hydrogen) atoms. The van der Waals surface area contributed by atoms with E-state index in [0.717, 1.165) is 35.9 Å². The summed E-state index contributed by atoms with van der Waals surface area (Å²) >= 11 is 1.54. The zero-order valence-electron chi connectivity index (χ0n) is 9.97. The van der Waals surface area contributed by atoms with Crippen LogP contribution in [0.5, 0.6) is 0 Å². The van der Waals surface area contributed by atoms with Crippen LogP contribution in [0, 0.1) is 0 Å². The third-order valence-electron chi connectivity index (χ3n) is 3.37. The van der Waals surface area contributed by atoms with E-state index in [1.807, 2.05) is 11.4 Å². The molecule has 5 nitrogen and oxygen atoms in total. The number of fused-ring (bicyclic) bond motifs is 1. The first kappa shape index (κ1) is 11.7. The Kier molecular flexibility index (Phi) is 3.05. The molecule has 0 radical (unpaired) electrons. The van der Waals surface area contributed by atoms with Crippen LogP contribution in [0.25, 0.3) is 10.2 Å². The second-order valence-electron chi connectivity index (χ2n) is 4.67. The van der Waals surface area contributed by atoms with Gasteiger partial charge in [0, 0.05) is 0 Å². The summed E-state index contributed by atoms with van der Waals surface area (Å²) in [5, 5.41) is 15.1. The Hall–Kier alpha value is -1.40. The monoisotopic (exact) mass is 264 g/mol. The van der Waals surface area contributed by atoms with Crippen molar-refractivity contribution in [3.63, 3.8) is 0 Å². The molecule has 4 N–H and O–H groups in total. The molecule has 0 unspecified atom stereocenters. The fourth-order valence-corrected chi connectivity index (χ4v) is 3.13. The molecular formula is C12H16N4OS. The van der Waals surface area contributed by atoms with Crippen LogP contribution in [0.3, 0.4) is 0 Å². The Balaban J connectivity index is 1.85. The summed E-state index contributed by atoms with van der Waals surface area (Å²) in [6.45, 7) is 0. The molecule has 0 bridgehead atoms. The van der Waals surface area contributed by atoms with Gasteiger partial charge < -0.3 is 16.2 Å². The second kappa shape index (κ2) is 4.70. The highest BCUT2D eigenvalue weighted by molar-refractivity contribution is 7.17. The van der Waals surface area contributed by atoms with Gasteiger partial charge in [-0.05, 0) is 24.3 Å². The highest BCUT2D eigenvalue weighted by Gasteiger charge is 2.23. The van der Waals surface area contributed by atoms with E-state index in [1.165, 1.54) is 0 Å². The number of thiophene rings is 1. The van der Waals surface area contributed by atoms with E-state index in [4.69, 9.17) is 5.73 Å². The fraction of sp³-hybridized carbons (Fsp3) is 0.500. The molecule has 2 aromatic rings. The SMILES string of the molecule is Nc1nc(N[C@@H]2CCCC[C@@H]2O)nc2ccsc12. The number of nitrogens with two attached hydrogens (primary N) is 1. The lowest BCUT2D eigenvalue weighted by molar-refractivity contribution is 0.116. The van der Waals surface area contributed by atoms with E-state index in [1.54, 1.807) is 11.3 Å². The number of nitrogen functional groups attached to an aromatic ring is 1. The van der Waals surface area contributed by atoms with E-state index >= 15 is 0 Å². The number of aromatic nitrogens is 2. The normalized spacial score (nSPS) is 24.3. The van der Waals surface area contributed by atoms with Crippen molar-refractivity contribution in [1.82, 2.24) is 9.97 Å². The van der Waals surface area contributed by atoms with Crippen LogP contribution in [-0.4, -0.2) is 27.2 Å². The van der Waals surface area contributed by atoms with Gasteiger partial charge in [-0.15, -0.1) is 11.3 Å². The lowest BCUT2D eigenvalue weighted by Gasteiger charge is -2.28. The minimum Gasteiger partial charge on any atom is -0.391 e. The molecule has 0 aromatic carbocycles. The molecule has 2 heterocycles. The molecule has 0 spiro atoms. The number of aliphatic hydroxyl groups excluding tert-OH is 1. The van der Waals surface area contributed by atoms with Gasteiger partial charge in [-0.25, -0.2) is 4.98 Å². The molecular weight excluding hydrogens is 248 g/mol. The number of hydrogen-bond acceptors (Lipinski definition) is 6. The molecule has 1 saturated carbocycles. The summed E-state index contributed by atoms with van der Waals surface area (Å²) in [4.78, 5) is 8.68. The lowest BCUT2D eigenvalue weighted by atomic mass is 9.93. The van der Waals surface area contributed by atoms with Crippen molar-refractivity contribution in [2.75, 3.05) is 11.1 Å². The Bertz CT molecular complexity index is 556. The van der Waals surface area contributed by atoms with Gasteiger partial charge in [0.25, 0.3) is 0 Å². The van der Waals surface area contributed by atoms with Crippen molar-refractivity contribution in [1.29, 1.82) is 0 Å². The Morgan fingerprint density at radius 2 is 2.17 bits per heavy atom. The quantitative estimate of drug-likeness (QED) is 0.772. The first-order valence-electron chi connectivity index (χ1n) is 6.19. The Morgan fingerprint density at radius 1 is 1.33 bits per heavy atom. The van der Waals surface area contributed by atoms with Crippen molar-refractivity contribution >= 4 is 33.3 Å². The largest absolute Gasteiger partial charge is 0.391 e. The third-order valence-corrected chi connectivity index (χ3v) is 4.30. The molecule has 96 valence electrons. The summed E-state index contributed by atoms with van der Waals surface area (Å²) in [7, 11) is 0.